The molecule has 4 nitrogen and oxygen atoms in total. The fraction of sp³-hybridized carbons (Fsp3) is 0.462. The smallest absolute Gasteiger partial charge is 0.256 e. The van der Waals surface area contributed by atoms with Crippen LogP contribution in [0.2, 0.25) is 0 Å². The fourth-order valence-electron chi connectivity index (χ4n) is 1.77. The normalized spacial score (nSPS) is 13.0. The summed E-state index contributed by atoms with van der Waals surface area (Å²) >= 11 is 1.58. The highest BCUT2D eigenvalue weighted by molar-refractivity contribution is 7.99. The van der Waals surface area contributed by atoms with E-state index in [0.29, 0.717) is 11.3 Å². The third kappa shape index (κ3) is 3.48. The summed E-state index contributed by atoms with van der Waals surface area (Å²) in [6.07, 6.45) is 0.751. The minimum atomic E-state index is 0.200. The largest absolute Gasteiger partial charge is 0.431 e. The Morgan fingerprint density at radius 2 is 2.28 bits per heavy atom. The number of fused-ring (bicyclic) bond motifs is 1. The lowest BCUT2D eigenvalue weighted by atomic mass is 10.2. The summed E-state index contributed by atoms with van der Waals surface area (Å²) in [5.41, 5.74) is 1.71. The van der Waals surface area contributed by atoms with Crippen molar-refractivity contribution >= 4 is 22.9 Å². The predicted octanol–water partition coefficient (Wildman–Crippen LogP) is 2.28. The highest BCUT2D eigenvalue weighted by Gasteiger charge is 2.11. The van der Waals surface area contributed by atoms with Crippen molar-refractivity contribution in [2.75, 3.05) is 18.9 Å². The van der Waals surface area contributed by atoms with Crippen molar-refractivity contribution in [1.82, 2.24) is 10.3 Å². The Labute approximate surface area is 111 Å². The van der Waals surface area contributed by atoms with Crippen LogP contribution in [0.5, 0.6) is 0 Å². The second-order valence-electron chi connectivity index (χ2n) is 4.03. The first-order chi connectivity index (χ1) is 8.83. The maximum atomic E-state index is 8.99. The summed E-state index contributed by atoms with van der Waals surface area (Å²) < 4.78 is 5.64. The topological polar surface area (TPSA) is 58.3 Å². The van der Waals surface area contributed by atoms with Crippen LogP contribution < -0.4 is 5.32 Å². The molecule has 1 aromatic heterocycles. The molecule has 0 aliphatic rings. The van der Waals surface area contributed by atoms with E-state index in [9.17, 15) is 0 Å². The lowest BCUT2D eigenvalue weighted by Crippen LogP contribution is -2.32. The number of nitrogens with zero attached hydrogens (tertiary/aromatic N) is 1. The van der Waals surface area contributed by atoms with Gasteiger partial charge in [-0.05, 0) is 25.1 Å². The molecule has 2 N–H and O–H groups in total. The number of rotatable bonds is 7. The van der Waals surface area contributed by atoms with Crippen LogP contribution in [0, 0.1) is 0 Å². The maximum absolute atomic E-state index is 8.99. The maximum Gasteiger partial charge on any atom is 0.256 e. The summed E-state index contributed by atoms with van der Waals surface area (Å²) in [6.45, 7) is 3.17. The number of hydrogen-bond donors (Lipinski definition) is 2. The number of oxazole rings is 1. The minimum absolute atomic E-state index is 0.200. The standard InChI is InChI=1S/C13H18N2O2S/c1-2-14-10(7-8-16)9-18-13-15-11-5-3-4-6-12(11)17-13/h3-6,10,14,16H,2,7-9H2,1H3. The highest BCUT2D eigenvalue weighted by atomic mass is 32.2. The first-order valence-electron chi connectivity index (χ1n) is 6.16. The van der Waals surface area contributed by atoms with E-state index in [4.69, 9.17) is 9.52 Å². The first kappa shape index (κ1) is 13.4. The summed E-state index contributed by atoms with van der Waals surface area (Å²) in [7, 11) is 0. The van der Waals surface area contributed by atoms with Crippen LogP contribution in [-0.2, 0) is 0 Å². The third-order valence-corrected chi connectivity index (χ3v) is 3.64. The van der Waals surface area contributed by atoms with E-state index in [-0.39, 0.29) is 6.61 Å². The molecule has 0 amide bonds. The van der Waals surface area contributed by atoms with Crippen molar-refractivity contribution in [1.29, 1.82) is 0 Å². The molecule has 5 heteroatoms. The quantitative estimate of drug-likeness (QED) is 0.753. The zero-order valence-corrected chi connectivity index (χ0v) is 11.2. The van der Waals surface area contributed by atoms with Crippen molar-refractivity contribution in [2.45, 2.75) is 24.6 Å². The molecule has 18 heavy (non-hydrogen) atoms. The molecular formula is C13H18N2O2S. The predicted molar refractivity (Wildman–Crippen MR) is 73.9 cm³/mol. The Bertz CT molecular complexity index is 448. The molecule has 1 heterocycles. The highest BCUT2D eigenvalue weighted by Crippen LogP contribution is 2.23. The van der Waals surface area contributed by atoms with Gasteiger partial charge in [0.25, 0.3) is 5.22 Å². The van der Waals surface area contributed by atoms with E-state index in [0.717, 1.165) is 29.8 Å². The van der Waals surface area contributed by atoms with Gasteiger partial charge in [0.1, 0.15) is 5.52 Å². The van der Waals surface area contributed by atoms with E-state index >= 15 is 0 Å². The molecule has 1 unspecified atom stereocenters. The van der Waals surface area contributed by atoms with Crippen molar-refractivity contribution in [3.05, 3.63) is 24.3 Å². The molecular weight excluding hydrogens is 248 g/mol. The Hall–Kier alpha value is -1.04. The van der Waals surface area contributed by atoms with Crippen LogP contribution in [0.3, 0.4) is 0 Å². The van der Waals surface area contributed by atoms with Crippen molar-refractivity contribution in [3.63, 3.8) is 0 Å². The lowest BCUT2D eigenvalue weighted by molar-refractivity contribution is 0.271. The van der Waals surface area contributed by atoms with Crippen LogP contribution in [0.1, 0.15) is 13.3 Å². The molecule has 2 aromatic rings. The average molecular weight is 266 g/mol. The van der Waals surface area contributed by atoms with Gasteiger partial charge in [-0.2, -0.15) is 0 Å². The van der Waals surface area contributed by atoms with Gasteiger partial charge in [-0.1, -0.05) is 30.8 Å². The van der Waals surface area contributed by atoms with E-state index < -0.39 is 0 Å². The Morgan fingerprint density at radius 1 is 1.44 bits per heavy atom. The molecule has 98 valence electrons. The molecule has 0 saturated heterocycles. The molecule has 1 atom stereocenters. The summed E-state index contributed by atoms with van der Waals surface area (Å²) in [5.74, 6) is 0.848. The SMILES string of the molecule is CCNC(CCO)CSc1nc2ccccc2o1. The molecule has 2 rings (SSSR count). The summed E-state index contributed by atoms with van der Waals surface area (Å²) in [5, 5.41) is 13.0. The number of aromatic nitrogens is 1. The van der Waals surface area contributed by atoms with E-state index in [1.807, 2.05) is 24.3 Å². The molecule has 0 spiro atoms. The van der Waals surface area contributed by atoms with Gasteiger partial charge in [0, 0.05) is 18.4 Å². The number of hydrogen-bond acceptors (Lipinski definition) is 5. The van der Waals surface area contributed by atoms with Gasteiger partial charge in [-0.25, -0.2) is 4.98 Å². The molecule has 0 fully saturated rings. The van der Waals surface area contributed by atoms with E-state index in [1.165, 1.54) is 0 Å². The zero-order chi connectivity index (χ0) is 12.8. The van der Waals surface area contributed by atoms with Crippen LogP contribution in [-0.4, -0.2) is 35.0 Å². The van der Waals surface area contributed by atoms with Gasteiger partial charge in [-0.15, -0.1) is 0 Å². The van der Waals surface area contributed by atoms with Crippen LogP contribution in [0.4, 0.5) is 0 Å². The Morgan fingerprint density at radius 3 is 3.00 bits per heavy atom. The molecule has 0 radical (unpaired) electrons. The van der Waals surface area contributed by atoms with E-state index in [1.54, 1.807) is 11.8 Å². The van der Waals surface area contributed by atoms with E-state index in [2.05, 4.69) is 17.2 Å². The van der Waals surface area contributed by atoms with Gasteiger partial charge in [0.05, 0.1) is 0 Å². The molecule has 0 aliphatic carbocycles. The van der Waals surface area contributed by atoms with Gasteiger partial charge in [-0.3, -0.25) is 0 Å². The minimum Gasteiger partial charge on any atom is -0.431 e. The molecule has 0 bridgehead atoms. The summed E-state index contributed by atoms with van der Waals surface area (Å²) in [4.78, 5) is 4.41. The van der Waals surface area contributed by atoms with Crippen molar-refractivity contribution in [3.8, 4) is 0 Å². The monoisotopic (exact) mass is 266 g/mol. The molecule has 0 aliphatic heterocycles. The van der Waals surface area contributed by atoms with Gasteiger partial charge in [0.2, 0.25) is 0 Å². The van der Waals surface area contributed by atoms with Crippen molar-refractivity contribution < 1.29 is 9.52 Å². The second-order valence-corrected chi connectivity index (χ2v) is 5.00. The van der Waals surface area contributed by atoms with Gasteiger partial charge >= 0.3 is 0 Å². The Kier molecular flexibility index (Phi) is 5.04. The van der Waals surface area contributed by atoms with Crippen LogP contribution in [0.15, 0.2) is 33.9 Å². The number of nitrogens with one attached hydrogen (secondary N) is 1. The van der Waals surface area contributed by atoms with Crippen molar-refractivity contribution in [2.24, 2.45) is 0 Å². The van der Waals surface area contributed by atoms with Gasteiger partial charge in [0.15, 0.2) is 5.58 Å². The molecule has 0 saturated carbocycles. The van der Waals surface area contributed by atoms with Gasteiger partial charge < -0.3 is 14.8 Å². The Balaban J connectivity index is 1.95. The number of aliphatic hydroxyl groups excluding tert-OH is 1. The third-order valence-electron chi connectivity index (χ3n) is 2.65. The number of benzene rings is 1. The van der Waals surface area contributed by atoms with Crippen LogP contribution in [0.25, 0.3) is 11.1 Å². The van der Waals surface area contributed by atoms with Crippen LogP contribution >= 0.6 is 11.8 Å². The number of aliphatic hydroxyl groups is 1. The number of thioether (sulfide) groups is 1. The lowest BCUT2D eigenvalue weighted by Gasteiger charge is -2.14. The zero-order valence-electron chi connectivity index (χ0n) is 10.4. The second kappa shape index (κ2) is 6.78. The summed E-state index contributed by atoms with van der Waals surface area (Å²) in [6, 6.07) is 8.04. The molecule has 1 aromatic carbocycles. The first-order valence-corrected chi connectivity index (χ1v) is 7.14. The average Bonchev–Trinajstić information content (AvgIpc) is 2.79. The fourth-order valence-corrected chi connectivity index (χ4v) is 2.71. The number of para-hydroxylation sites is 2.